The van der Waals surface area contributed by atoms with Crippen LogP contribution in [-0.2, 0) is 5.41 Å². The Labute approximate surface area is 355 Å². The second-order valence-corrected chi connectivity index (χ2v) is 17.5. The summed E-state index contributed by atoms with van der Waals surface area (Å²) in [6, 6.07) is 73.5. The molecule has 4 heteroatoms. The lowest BCUT2D eigenvalue weighted by atomic mass is 9.63. The first-order chi connectivity index (χ1) is 30.3. The normalized spacial score (nSPS) is 13.4. The van der Waals surface area contributed by atoms with Crippen molar-refractivity contribution in [1.29, 1.82) is 0 Å². The van der Waals surface area contributed by atoms with Crippen molar-refractivity contribution in [2.75, 3.05) is 0 Å². The van der Waals surface area contributed by atoms with Crippen LogP contribution in [0.25, 0.3) is 103 Å². The first kappa shape index (κ1) is 33.2. The zero-order chi connectivity index (χ0) is 39.8. The maximum Gasteiger partial charge on any atom is 0.160 e. The Kier molecular flexibility index (Phi) is 6.64. The summed E-state index contributed by atoms with van der Waals surface area (Å²) >= 11 is 1.77. The Morgan fingerprint density at radius 1 is 0.426 bits per heavy atom. The van der Waals surface area contributed by atoms with Crippen molar-refractivity contribution >= 4 is 64.2 Å². The molecular formula is C57H33N3S. The van der Waals surface area contributed by atoms with E-state index in [1.54, 1.807) is 11.3 Å². The summed E-state index contributed by atoms with van der Waals surface area (Å²) in [4.78, 5) is 10.9. The predicted molar refractivity (Wildman–Crippen MR) is 254 cm³/mol. The van der Waals surface area contributed by atoms with Crippen molar-refractivity contribution in [2.24, 2.45) is 0 Å². The SMILES string of the molecule is c1ccc(-c2cc(-c3nc(-c4ccccc4)c4sc5ccccc5c4n3)cc(-n3c4cccc5c4c4c6c(cccc6ccc43)C53c4ccccc4-c4ccccc43)c2)cc1. The minimum absolute atomic E-state index is 0.461. The molecule has 282 valence electrons. The van der Waals surface area contributed by atoms with Crippen molar-refractivity contribution in [1.82, 2.24) is 14.5 Å². The molecular weight excluding hydrogens is 759 g/mol. The molecule has 3 nitrogen and oxygen atoms in total. The number of thiophene rings is 1. The van der Waals surface area contributed by atoms with Crippen LogP contribution in [0.5, 0.6) is 0 Å². The van der Waals surface area contributed by atoms with Gasteiger partial charge in [-0.15, -0.1) is 11.3 Å². The van der Waals surface area contributed by atoms with Gasteiger partial charge in [-0.1, -0.05) is 164 Å². The fraction of sp³-hybridized carbons (Fsp3) is 0.0175. The average molecular weight is 792 g/mol. The van der Waals surface area contributed by atoms with Crippen LogP contribution in [0, 0.1) is 0 Å². The number of hydrogen-bond donors (Lipinski definition) is 0. The number of rotatable bonds is 4. The highest BCUT2D eigenvalue weighted by molar-refractivity contribution is 7.26. The highest BCUT2D eigenvalue weighted by Gasteiger charge is 2.50. The first-order valence-electron chi connectivity index (χ1n) is 20.9. The van der Waals surface area contributed by atoms with Crippen LogP contribution in [0.1, 0.15) is 22.3 Å². The van der Waals surface area contributed by atoms with Crippen molar-refractivity contribution in [2.45, 2.75) is 5.41 Å². The van der Waals surface area contributed by atoms with Crippen LogP contribution in [0.2, 0.25) is 0 Å². The molecule has 0 unspecified atom stereocenters. The molecule has 3 aromatic heterocycles. The van der Waals surface area contributed by atoms with E-state index in [1.165, 1.54) is 70.7 Å². The second kappa shape index (κ2) is 12.2. The van der Waals surface area contributed by atoms with Gasteiger partial charge >= 0.3 is 0 Å². The summed E-state index contributed by atoms with van der Waals surface area (Å²) in [6.45, 7) is 0. The molecule has 0 fully saturated rings. The lowest BCUT2D eigenvalue weighted by molar-refractivity contribution is 0.783. The lowest BCUT2D eigenvalue weighted by Gasteiger charge is -2.37. The molecule has 0 amide bonds. The monoisotopic (exact) mass is 791 g/mol. The van der Waals surface area contributed by atoms with Gasteiger partial charge in [0.25, 0.3) is 0 Å². The summed E-state index contributed by atoms with van der Waals surface area (Å²) in [5.41, 5.74) is 17.3. The molecule has 0 radical (unpaired) electrons. The van der Waals surface area contributed by atoms with E-state index in [0.29, 0.717) is 5.82 Å². The van der Waals surface area contributed by atoms with Crippen molar-refractivity contribution in [3.63, 3.8) is 0 Å². The molecule has 9 aromatic carbocycles. The van der Waals surface area contributed by atoms with Gasteiger partial charge in [0.2, 0.25) is 0 Å². The van der Waals surface area contributed by atoms with Gasteiger partial charge in [-0.2, -0.15) is 0 Å². The smallest absolute Gasteiger partial charge is 0.160 e. The van der Waals surface area contributed by atoms with Gasteiger partial charge in [0.1, 0.15) is 0 Å². The minimum atomic E-state index is -0.461. The van der Waals surface area contributed by atoms with E-state index in [0.717, 1.165) is 49.2 Å². The number of hydrogen-bond acceptors (Lipinski definition) is 3. The summed E-state index contributed by atoms with van der Waals surface area (Å²) in [5, 5.41) is 6.37. The average Bonchev–Trinajstić information content (AvgIpc) is 3.98. The molecule has 0 atom stereocenters. The van der Waals surface area contributed by atoms with Gasteiger partial charge in [0.15, 0.2) is 5.82 Å². The molecule has 0 saturated heterocycles. The standard InChI is InChI=1S/C57H33N3S/c1-3-15-34(16-4-1)37-31-38(56-58-53(36-17-5-2-6-18-36)55-54(59-56)42-22-9-12-28-49(42)61-55)33-39(32-37)60-47-27-14-26-46-51(47)52-48(60)30-29-35-19-13-25-45(50(35)52)57(46)43-23-10-7-20-40(43)41-21-8-11-24-44(41)57/h1-33H. The molecule has 14 rings (SSSR count). The van der Waals surface area contributed by atoms with Crippen LogP contribution in [-0.4, -0.2) is 14.5 Å². The Morgan fingerprint density at radius 3 is 1.84 bits per heavy atom. The molecule has 1 spiro atoms. The van der Waals surface area contributed by atoms with Crippen LogP contribution in [0.15, 0.2) is 200 Å². The van der Waals surface area contributed by atoms with Crippen molar-refractivity contribution in [3.8, 4) is 50.6 Å². The van der Waals surface area contributed by atoms with Crippen molar-refractivity contribution in [3.05, 3.63) is 222 Å². The van der Waals surface area contributed by atoms with E-state index in [9.17, 15) is 0 Å². The second-order valence-electron chi connectivity index (χ2n) is 16.4. The molecule has 2 aliphatic rings. The Balaban J connectivity index is 1.10. The van der Waals surface area contributed by atoms with Gasteiger partial charge in [-0.05, 0) is 91.7 Å². The number of fused-ring (bicyclic) bond motifs is 10. The maximum atomic E-state index is 5.46. The predicted octanol–water partition coefficient (Wildman–Crippen LogP) is 14.8. The Morgan fingerprint density at radius 2 is 1.05 bits per heavy atom. The largest absolute Gasteiger partial charge is 0.309 e. The third-order valence-electron chi connectivity index (χ3n) is 13.4. The summed E-state index contributed by atoms with van der Waals surface area (Å²) < 4.78 is 4.82. The first-order valence-corrected chi connectivity index (χ1v) is 21.7. The van der Waals surface area contributed by atoms with E-state index < -0.39 is 5.41 Å². The third kappa shape index (κ3) is 4.36. The lowest BCUT2D eigenvalue weighted by Crippen LogP contribution is -2.30. The highest BCUT2D eigenvalue weighted by Crippen LogP contribution is 2.62. The van der Waals surface area contributed by atoms with Crippen LogP contribution < -0.4 is 0 Å². The van der Waals surface area contributed by atoms with E-state index in [-0.39, 0.29) is 0 Å². The van der Waals surface area contributed by atoms with Crippen molar-refractivity contribution < 1.29 is 0 Å². The molecule has 0 saturated carbocycles. The zero-order valence-electron chi connectivity index (χ0n) is 32.8. The molecule has 2 aliphatic carbocycles. The Bertz CT molecular complexity index is 3780. The van der Waals surface area contributed by atoms with E-state index >= 15 is 0 Å². The van der Waals surface area contributed by atoms with Gasteiger partial charge in [0, 0.05) is 37.7 Å². The van der Waals surface area contributed by atoms with Gasteiger partial charge < -0.3 is 4.57 Å². The highest BCUT2D eigenvalue weighted by atomic mass is 32.1. The fourth-order valence-corrected chi connectivity index (χ4v) is 12.1. The van der Waals surface area contributed by atoms with Crippen LogP contribution >= 0.6 is 11.3 Å². The van der Waals surface area contributed by atoms with Crippen LogP contribution in [0.3, 0.4) is 0 Å². The number of aromatic nitrogens is 3. The number of benzene rings is 9. The fourth-order valence-electron chi connectivity index (χ4n) is 11.0. The van der Waals surface area contributed by atoms with Crippen LogP contribution in [0.4, 0.5) is 0 Å². The van der Waals surface area contributed by atoms with E-state index in [2.05, 4.69) is 205 Å². The topological polar surface area (TPSA) is 30.7 Å². The van der Waals surface area contributed by atoms with Gasteiger partial charge in [-0.25, -0.2) is 9.97 Å². The Hall–Kier alpha value is -7.66. The zero-order valence-corrected chi connectivity index (χ0v) is 33.6. The quantitative estimate of drug-likeness (QED) is 0.178. The number of nitrogens with zero attached hydrogens (tertiary/aromatic N) is 3. The molecule has 0 N–H and O–H groups in total. The summed E-state index contributed by atoms with van der Waals surface area (Å²) in [5.74, 6) is 0.713. The van der Waals surface area contributed by atoms with E-state index in [1.807, 2.05) is 0 Å². The van der Waals surface area contributed by atoms with Gasteiger partial charge in [-0.3, -0.25) is 0 Å². The maximum absolute atomic E-state index is 5.46. The van der Waals surface area contributed by atoms with E-state index in [4.69, 9.17) is 9.97 Å². The molecule has 12 aromatic rings. The molecule has 0 aliphatic heterocycles. The van der Waals surface area contributed by atoms with Gasteiger partial charge in [0.05, 0.1) is 32.4 Å². The molecule has 0 bridgehead atoms. The third-order valence-corrected chi connectivity index (χ3v) is 14.5. The molecule has 61 heavy (non-hydrogen) atoms. The minimum Gasteiger partial charge on any atom is -0.309 e. The summed E-state index contributed by atoms with van der Waals surface area (Å²) in [6.07, 6.45) is 0. The summed E-state index contributed by atoms with van der Waals surface area (Å²) in [7, 11) is 0. The molecule has 3 heterocycles.